The number of halogens is 3. The van der Waals surface area contributed by atoms with Crippen molar-refractivity contribution in [3.05, 3.63) is 23.3 Å². The molecule has 144 valence electrons. The van der Waals surface area contributed by atoms with Gasteiger partial charge in [-0.25, -0.2) is 0 Å². The minimum absolute atomic E-state index is 0.253. The Morgan fingerprint density at radius 1 is 1.19 bits per heavy atom. The van der Waals surface area contributed by atoms with Gasteiger partial charge in [0.05, 0.1) is 0 Å². The van der Waals surface area contributed by atoms with E-state index in [1.54, 1.807) is 0 Å². The molecule has 0 aliphatic rings. The minimum Gasteiger partial charge on any atom is -0.375 e. The van der Waals surface area contributed by atoms with E-state index in [1.165, 1.54) is 37.3 Å². The lowest BCUT2D eigenvalue weighted by Crippen LogP contribution is -2.28. The molecule has 0 amide bonds. The SMILES string of the molecule is CCCCNc1nnc(-c2cc(C)c(OS(=O)(=O)C(F)(F)F)c(C)c2)s1. The highest BCUT2D eigenvalue weighted by Gasteiger charge is 2.48. The van der Waals surface area contributed by atoms with Gasteiger partial charge in [0, 0.05) is 12.1 Å². The molecule has 0 unspecified atom stereocenters. The summed E-state index contributed by atoms with van der Waals surface area (Å²) in [6.07, 6.45) is 2.03. The van der Waals surface area contributed by atoms with Crippen molar-refractivity contribution in [1.82, 2.24) is 10.2 Å². The minimum atomic E-state index is -5.72. The summed E-state index contributed by atoms with van der Waals surface area (Å²) < 4.78 is 64.3. The molecule has 26 heavy (non-hydrogen) atoms. The number of benzene rings is 1. The predicted molar refractivity (Wildman–Crippen MR) is 93.8 cm³/mol. The van der Waals surface area contributed by atoms with E-state index in [2.05, 4.69) is 26.6 Å². The molecule has 0 fully saturated rings. The molecule has 0 saturated heterocycles. The molecule has 1 aromatic carbocycles. The van der Waals surface area contributed by atoms with Gasteiger partial charge < -0.3 is 9.50 Å². The molecule has 0 aliphatic heterocycles. The fraction of sp³-hybridized carbons (Fsp3) is 0.467. The Hall–Kier alpha value is -1.88. The summed E-state index contributed by atoms with van der Waals surface area (Å²) in [5.74, 6) is -0.336. The number of hydrogen-bond donors (Lipinski definition) is 1. The lowest BCUT2D eigenvalue weighted by atomic mass is 10.1. The van der Waals surface area contributed by atoms with Crippen LogP contribution in [0.4, 0.5) is 18.3 Å². The molecule has 0 atom stereocenters. The van der Waals surface area contributed by atoms with Gasteiger partial charge in [0.2, 0.25) is 5.13 Å². The Kier molecular flexibility index (Phi) is 6.12. The molecule has 1 N–H and O–H groups in total. The van der Waals surface area contributed by atoms with E-state index in [0.717, 1.165) is 19.4 Å². The van der Waals surface area contributed by atoms with Gasteiger partial charge in [-0.1, -0.05) is 24.7 Å². The summed E-state index contributed by atoms with van der Waals surface area (Å²) in [5.41, 5.74) is -4.35. The van der Waals surface area contributed by atoms with Gasteiger partial charge in [-0.3, -0.25) is 0 Å². The zero-order valence-corrected chi connectivity index (χ0v) is 16.0. The van der Waals surface area contributed by atoms with Crippen LogP contribution in [0.2, 0.25) is 0 Å². The van der Waals surface area contributed by atoms with Crippen LogP contribution in [0, 0.1) is 13.8 Å². The number of nitrogens with zero attached hydrogens (tertiary/aromatic N) is 2. The van der Waals surface area contributed by atoms with Gasteiger partial charge in [0.25, 0.3) is 0 Å². The first-order valence-electron chi connectivity index (χ1n) is 7.75. The second kappa shape index (κ2) is 7.78. The van der Waals surface area contributed by atoms with E-state index in [4.69, 9.17) is 0 Å². The van der Waals surface area contributed by atoms with Crippen molar-refractivity contribution in [3.63, 3.8) is 0 Å². The maximum absolute atomic E-state index is 12.5. The van der Waals surface area contributed by atoms with Crippen molar-refractivity contribution < 1.29 is 25.8 Å². The quantitative estimate of drug-likeness (QED) is 0.418. The maximum Gasteiger partial charge on any atom is 0.534 e. The second-order valence-corrected chi connectivity index (χ2v) is 8.13. The second-order valence-electron chi connectivity index (χ2n) is 5.62. The summed E-state index contributed by atoms with van der Waals surface area (Å²) >= 11 is 1.30. The van der Waals surface area contributed by atoms with Crippen molar-refractivity contribution >= 4 is 26.6 Å². The topological polar surface area (TPSA) is 81.2 Å². The summed E-state index contributed by atoms with van der Waals surface area (Å²) in [6.45, 7) is 5.78. The van der Waals surface area contributed by atoms with E-state index in [0.29, 0.717) is 15.7 Å². The molecule has 1 heterocycles. The lowest BCUT2D eigenvalue weighted by molar-refractivity contribution is -0.0500. The molecule has 6 nitrogen and oxygen atoms in total. The number of aryl methyl sites for hydroxylation is 2. The van der Waals surface area contributed by atoms with Crippen molar-refractivity contribution in [2.75, 3.05) is 11.9 Å². The summed E-state index contributed by atoms with van der Waals surface area (Å²) in [7, 11) is -5.72. The average molecular weight is 409 g/mol. The van der Waals surface area contributed by atoms with E-state index in [-0.39, 0.29) is 16.9 Å². The van der Waals surface area contributed by atoms with Crippen molar-refractivity contribution in [2.24, 2.45) is 0 Å². The van der Waals surface area contributed by atoms with Gasteiger partial charge in [0.15, 0.2) is 0 Å². The Morgan fingerprint density at radius 2 is 1.81 bits per heavy atom. The van der Waals surface area contributed by atoms with Crippen LogP contribution in [-0.4, -0.2) is 30.7 Å². The van der Waals surface area contributed by atoms with E-state index in [1.807, 2.05) is 0 Å². The number of rotatable bonds is 7. The van der Waals surface area contributed by atoms with Crippen LogP contribution in [0.5, 0.6) is 5.75 Å². The van der Waals surface area contributed by atoms with Crippen molar-refractivity contribution in [1.29, 1.82) is 0 Å². The largest absolute Gasteiger partial charge is 0.534 e. The van der Waals surface area contributed by atoms with Crippen LogP contribution in [0.15, 0.2) is 12.1 Å². The van der Waals surface area contributed by atoms with Gasteiger partial charge in [-0.2, -0.15) is 21.6 Å². The fourth-order valence-electron chi connectivity index (χ4n) is 2.15. The average Bonchev–Trinajstić information content (AvgIpc) is 2.99. The molecule has 0 radical (unpaired) electrons. The van der Waals surface area contributed by atoms with Crippen LogP contribution in [0.3, 0.4) is 0 Å². The highest BCUT2D eigenvalue weighted by Crippen LogP contribution is 2.35. The fourth-order valence-corrected chi connectivity index (χ4v) is 3.48. The summed E-state index contributed by atoms with van der Waals surface area (Å²) in [5, 5.41) is 12.4. The van der Waals surface area contributed by atoms with E-state index in [9.17, 15) is 21.6 Å². The van der Waals surface area contributed by atoms with Gasteiger partial charge >= 0.3 is 15.6 Å². The number of aromatic nitrogens is 2. The Labute approximate surface area is 153 Å². The molecule has 2 rings (SSSR count). The normalized spacial score (nSPS) is 12.2. The predicted octanol–water partition coefficient (Wildman–Crippen LogP) is 4.26. The van der Waals surface area contributed by atoms with Crippen LogP contribution in [0.25, 0.3) is 10.6 Å². The number of anilines is 1. The molecule has 11 heteroatoms. The standard InChI is InChI=1S/C15H18F3N3O3S2/c1-4-5-6-19-14-21-20-13(25-14)11-7-9(2)12(10(3)8-11)24-26(22,23)15(16,17)18/h7-8H,4-6H2,1-3H3,(H,19,21). The highest BCUT2D eigenvalue weighted by atomic mass is 32.2. The van der Waals surface area contributed by atoms with Gasteiger partial charge in [-0.05, 0) is 43.5 Å². The molecule has 0 bridgehead atoms. The summed E-state index contributed by atoms with van der Waals surface area (Å²) in [4.78, 5) is 0. The summed E-state index contributed by atoms with van der Waals surface area (Å²) in [6, 6.07) is 3.04. The van der Waals surface area contributed by atoms with Gasteiger partial charge in [0.1, 0.15) is 10.8 Å². The first-order valence-corrected chi connectivity index (χ1v) is 9.97. The third-order valence-corrected chi connectivity index (χ3v) is 5.30. The van der Waals surface area contributed by atoms with Crippen LogP contribution in [0.1, 0.15) is 30.9 Å². The Bertz CT molecular complexity index is 857. The van der Waals surface area contributed by atoms with E-state index >= 15 is 0 Å². The highest BCUT2D eigenvalue weighted by molar-refractivity contribution is 7.88. The van der Waals surface area contributed by atoms with Crippen LogP contribution in [-0.2, 0) is 10.1 Å². The number of alkyl halides is 3. The number of nitrogens with one attached hydrogen (secondary N) is 1. The monoisotopic (exact) mass is 409 g/mol. The van der Waals surface area contributed by atoms with Crippen molar-refractivity contribution in [2.45, 2.75) is 39.1 Å². The molecule has 1 aromatic heterocycles. The van der Waals surface area contributed by atoms with E-state index < -0.39 is 15.6 Å². The molecule has 0 saturated carbocycles. The van der Waals surface area contributed by atoms with Crippen LogP contribution < -0.4 is 9.50 Å². The lowest BCUT2D eigenvalue weighted by Gasteiger charge is -2.14. The van der Waals surface area contributed by atoms with Gasteiger partial charge in [-0.15, -0.1) is 10.2 Å². The molecule has 2 aromatic rings. The third-order valence-electron chi connectivity index (χ3n) is 3.42. The molecular weight excluding hydrogens is 391 g/mol. The zero-order chi connectivity index (χ0) is 19.5. The Balaban J connectivity index is 2.27. The zero-order valence-electron chi connectivity index (χ0n) is 14.3. The molecular formula is C15H18F3N3O3S2. The molecule has 0 spiro atoms. The van der Waals surface area contributed by atoms with Crippen LogP contribution >= 0.6 is 11.3 Å². The number of hydrogen-bond acceptors (Lipinski definition) is 7. The smallest absolute Gasteiger partial charge is 0.375 e. The molecule has 0 aliphatic carbocycles. The van der Waals surface area contributed by atoms with Crippen molar-refractivity contribution in [3.8, 4) is 16.3 Å². The third kappa shape index (κ3) is 4.64. The first kappa shape index (κ1) is 20.4. The Morgan fingerprint density at radius 3 is 2.35 bits per heavy atom. The maximum atomic E-state index is 12.5. The number of unbranched alkanes of at least 4 members (excludes halogenated alkanes) is 1. The first-order chi connectivity index (χ1) is 12.0.